The van der Waals surface area contributed by atoms with Crippen LogP contribution in [0, 0.1) is 5.82 Å². The SMILES string of the molecule is COc1cc(C(C)NC2CCC(c3ccc(O)c(C(F)(F)F)c3)C2)ccc1F. The summed E-state index contributed by atoms with van der Waals surface area (Å²) in [6.45, 7) is 1.96. The van der Waals surface area contributed by atoms with Crippen LogP contribution in [0.4, 0.5) is 17.6 Å². The number of alkyl halides is 3. The van der Waals surface area contributed by atoms with Crippen LogP contribution in [0.25, 0.3) is 0 Å². The molecule has 152 valence electrons. The van der Waals surface area contributed by atoms with Crippen LogP contribution in [-0.4, -0.2) is 18.3 Å². The second-order valence-electron chi connectivity index (χ2n) is 7.26. The van der Waals surface area contributed by atoms with E-state index >= 15 is 0 Å². The second kappa shape index (κ2) is 7.99. The molecule has 0 aromatic heterocycles. The molecule has 1 fully saturated rings. The van der Waals surface area contributed by atoms with E-state index in [4.69, 9.17) is 4.74 Å². The highest BCUT2D eigenvalue weighted by Gasteiger charge is 2.35. The molecule has 2 N–H and O–H groups in total. The molecule has 0 spiro atoms. The summed E-state index contributed by atoms with van der Waals surface area (Å²) in [7, 11) is 1.41. The lowest BCUT2D eigenvalue weighted by molar-refractivity contribution is -0.138. The quantitative estimate of drug-likeness (QED) is 0.651. The molecule has 0 bridgehead atoms. The molecule has 2 aromatic rings. The van der Waals surface area contributed by atoms with Gasteiger partial charge < -0.3 is 15.2 Å². The third-order valence-corrected chi connectivity index (χ3v) is 5.39. The van der Waals surface area contributed by atoms with Gasteiger partial charge in [0.2, 0.25) is 0 Å². The molecular weight excluding hydrogens is 374 g/mol. The van der Waals surface area contributed by atoms with Gasteiger partial charge in [0, 0.05) is 12.1 Å². The summed E-state index contributed by atoms with van der Waals surface area (Å²) in [4.78, 5) is 0. The van der Waals surface area contributed by atoms with E-state index < -0.39 is 23.3 Å². The van der Waals surface area contributed by atoms with Gasteiger partial charge in [-0.25, -0.2) is 4.39 Å². The molecule has 1 saturated carbocycles. The smallest absolute Gasteiger partial charge is 0.419 e. The maximum atomic E-state index is 13.6. The Morgan fingerprint density at radius 3 is 2.57 bits per heavy atom. The summed E-state index contributed by atoms with van der Waals surface area (Å²) >= 11 is 0. The van der Waals surface area contributed by atoms with Gasteiger partial charge in [-0.15, -0.1) is 0 Å². The number of phenols is 1. The van der Waals surface area contributed by atoms with Gasteiger partial charge >= 0.3 is 6.18 Å². The van der Waals surface area contributed by atoms with Crippen molar-refractivity contribution >= 4 is 0 Å². The fraction of sp³-hybridized carbons (Fsp3) is 0.429. The Bertz CT molecular complexity index is 838. The van der Waals surface area contributed by atoms with E-state index in [2.05, 4.69) is 5.32 Å². The number of phenolic OH excluding ortho intramolecular Hbond substituents is 1. The first-order chi connectivity index (χ1) is 13.2. The highest BCUT2D eigenvalue weighted by atomic mass is 19.4. The number of nitrogens with one attached hydrogen (secondary N) is 1. The van der Waals surface area contributed by atoms with Crippen molar-refractivity contribution in [2.75, 3.05) is 7.11 Å². The third kappa shape index (κ3) is 4.41. The molecule has 2 aromatic carbocycles. The maximum absolute atomic E-state index is 13.6. The zero-order valence-electron chi connectivity index (χ0n) is 15.7. The Labute approximate surface area is 161 Å². The van der Waals surface area contributed by atoms with Gasteiger partial charge in [0.15, 0.2) is 11.6 Å². The fourth-order valence-electron chi connectivity index (χ4n) is 3.87. The van der Waals surface area contributed by atoms with Crippen molar-refractivity contribution < 1.29 is 27.4 Å². The minimum Gasteiger partial charge on any atom is -0.507 e. The number of ether oxygens (including phenoxy) is 1. The molecule has 3 unspecified atom stereocenters. The lowest BCUT2D eigenvalue weighted by Gasteiger charge is -2.21. The van der Waals surface area contributed by atoms with Crippen molar-refractivity contribution in [1.29, 1.82) is 0 Å². The molecule has 1 aliphatic carbocycles. The van der Waals surface area contributed by atoms with E-state index in [-0.39, 0.29) is 23.8 Å². The van der Waals surface area contributed by atoms with Gasteiger partial charge in [0.05, 0.1) is 12.7 Å². The molecular formula is C21H23F4NO2. The van der Waals surface area contributed by atoms with Crippen LogP contribution in [0.3, 0.4) is 0 Å². The average Bonchev–Trinajstić information content (AvgIpc) is 3.10. The van der Waals surface area contributed by atoms with Crippen molar-refractivity contribution in [1.82, 2.24) is 5.32 Å². The summed E-state index contributed by atoms with van der Waals surface area (Å²) in [5.41, 5.74) is 0.476. The van der Waals surface area contributed by atoms with Gasteiger partial charge in [-0.2, -0.15) is 13.2 Å². The predicted molar refractivity (Wildman–Crippen MR) is 98.0 cm³/mol. The van der Waals surface area contributed by atoms with Gasteiger partial charge in [-0.3, -0.25) is 0 Å². The minimum atomic E-state index is -4.58. The van der Waals surface area contributed by atoms with Gasteiger partial charge in [0.25, 0.3) is 0 Å². The van der Waals surface area contributed by atoms with Crippen molar-refractivity contribution in [3.8, 4) is 11.5 Å². The van der Waals surface area contributed by atoms with E-state index in [0.717, 1.165) is 30.5 Å². The Morgan fingerprint density at radius 2 is 1.89 bits per heavy atom. The lowest BCUT2D eigenvalue weighted by atomic mass is 9.95. The van der Waals surface area contributed by atoms with E-state index in [0.29, 0.717) is 12.0 Å². The van der Waals surface area contributed by atoms with Crippen LogP contribution in [0.15, 0.2) is 36.4 Å². The minimum absolute atomic E-state index is 0.00541. The van der Waals surface area contributed by atoms with Crippen LogP contribution in [0.5, 0.6) is 11.5 Å². The van der Waals surface area contributed by atoms with Gasteiger partial charge in [-0.1, -0.05) is 12.1 Å². The zero-order chi connectivity index (χ0) is 20.5. The van der Waals surface area contributed by atoms with Crippen molar-refractivity contribution in [2.45, 2.75) is 50.4 Å². The summed E-state index contributed by atoms with van der Waals surface area (Å²) in [5, 5.41) is 13.0. The van der Waals surface area contributed by atoms with Crippen molar-refractivity contribution in [3.63, 3.8) is 0 Å². The molecule has 28 heavy (non-hydrogen) atoms. The molecule has 0 saturated heterocycles. The average molecular weight is 397 g/mol. The Morgan fingerprint density at radius 1 is 1.14 bits per heavy atom. The van der Waals surface area contributed by atoms with Gasteiger partial charge in [0.1, 0.15) is 5.75 Å². The Hall–Kier alpha value is -2.28. The summed E-state index contributed by atoms with van der Waals surface area (Å²) in [6.07, 6.45) is -2.29. The number of hydrogen-bond donors (Lipinski definition) is 2. The number of aromatic hydroxyl groups is 1. The molecule has 7 heteroatoms. The van der Waals surface area contributed by atoms with E-state index in [1.165, 1.54) is 13.2 Å². The van der Waals surface area contributed by atoms with E-state index in [1.54, 1.807) is 18.2 Å². The number of hydrogen-bond acceptors (Lipinski definition) is 3. The standard InChI is InChI=1S/C21H23F4NO2/c1-12(13-4-7-18(22)20(11-13)28-2)26-16-6-3-14(9-16)15-5-8-19(27)17(10-15)21(23,24)25/h4-5,7-8,10-12,14,16,26-27H,3,6,9H2,1-2H3. The highest BCUT2D eigenvalue weighted by molar-refractivity contribution is 5.40. The normalized spacial score (nSPS) is 20.9. The first-order valence-electron chi connectivity index (χ1n) is 9.18. The number of rotatable bonds is 5. The first kappa shape index (κ1) is 20.5. The highest BCUT2D eigenvalue weighted by Crippen LogP contribution is 2.41. The second-order valence-corrected chi connectivity index (χ2v) is 7.26. The summed E-state index contributed by atoms with van der Waals surface area (Å²) in [5.74, 6) is -0.997. The molecule has 3 rings (SSSR count). The van der Waals surface area contributed by atoms with Crippen LogP contribution in [-0.2, 0) is 6.18 Å². The molecule has 0 amide bonds. The summed E-state index contributed by atoms with van der Waals surface area (Å²) in [6, 6.07) is 8.52. The van der Waals surface area contributed by atoms with Crippen LogP contribution < -0.4 is 10.1 Å². The topological polar surface area (TPSA) is 41.5 Å². The van der Waals surface area contributed by atoms with Crippen LogP contribution in [0.1, 0.15) is 54.8 Å². The fourth-order valence-corrected chi connectivity index (χ4v) is 3.87. The predicted octanol–water partition coefficient (Wildman–Crippen LogP) is 5.55. The van der Waals surface area contributed by atoms with Crippen LogP contribution in [0.2, 0.25) is 0 Å². The molecule has 3 nitrogen and oxygen atoms in total. The molecule has 1 aliphatic rings. The first-order valence-corrected chi connectivity index (χ1v) is 9.18. The maximum Gasteiger partial charge on any atom is 0.419 e. The van der Waals surface area contributed by atoms with Crippen molar-refractivity contribution in [3.05, 3.63) is 58.9 Å². The summed E-state index contributed by atoms with van der Waals surface area (Å²) < 4.78 is 57.7. The molecule has 0 heterocycles. The van der Waals surface area contributed by atoms with Crippen LogP contribution >= 0.6 is 0 Å². The van der Waals surface area contributed by atoms with E-state index in [9.17, 15) is 22.7 Å². The number of halogens is 4. The number of methoxy groups -OCH3 is 1. The van der Waals surface area contributed by atoms with Crippen molar-refractivity contribution in [2.24, 2.45) is 0 Å². The monoisotopic (exact) mass is 397 g/mol. The Kier molecular flexibility index (Phi) is 5.84. The molecule has 0 aliphatic heterocycles. The molecule has 3 atom stereocenters. The lowest BCUT2D eigenvalue weighted by Crippen LogP contribution is -2.29. The Balaban J connectivity index is 1.67. The number of benzene rings is 2. The third-order valence-electron chi connectivity index (χ3n) is 5.39. The van der Waals surface area contributed by atoms with E-state index in [1.807, 2.05) is 6.92 Å². The van der Waals surface area contributed by atoms with Gasteiger partial charge in [-0.05, 0) is 67.5 Å². The largest absolute Gasteiger partial charge is 0.507 e. The molecule has 0 radical (unpaired) electrons. The zero-order valence-corrected chi connectivity index (χ0v) is 15.7.